The number of rotatable bonds is 7. The monoisotopic (exact) mass is 652 g/mol. The molecule has 1 spiro atoms. The summed E-state index contributed by atoms with van der Waals surface area (Å²) in [6.07, 6.45) is 8.54. The highest BCUT2D eigenvalue weighted by Crippen LogP contribution is 2.44. The zero-order valence-electron chi connectivity index (χ0n) is 26.8. The minimum Gasteiger partial charge on any atom is -0.465 e. The molecular weight excluding hydrogens is 607 g/mol. The van der Waals surface area contributed by atoms with Gasteiger partial charge in [0, 0.05) is 36.4 Å². The second-order valence-electron chi connectivity index (χ2n) is 14.2. The van der Waals surface area contributed by atoms with Crippen LogP contribution in [0.5, 0.6) is 0 Å². The van der Waals surface area contributed by atoms with Crippen molar-refractivity contribution in [3.8, 4) is 0 Å². The molecule has 3 amide bonds. The van der Waals surface area contributed by atoms with Gasteiger partial charge >= 0.3 is 12.1 Å². The van der Waals surface area contributed by atoms with Crippen LogP contribution in [0.4, 0.5) is 14.9 Å². The van der Waals surface area contributed by atoms with Crippen LogP contribution in [-0.2, 0) is 24.8 Å². The average Bonchev–Trinajstić information content (AvgIpc) is 3.77. The van der Waals surface area contributed by atoms with Gasteiger partial charge in [-0.25, -0.2) is 14.0 Å². The molecule has 1 aromatic heterocycles. The Kier molecular flexibility index (Phi) is 8.88. The zero-order chi connectivity index (χ0) is 32.7. The second kappa shape index (κ2) is 13.1. The Bertz CT molecular complexity index is 1520. The summed E-state index contributed by atoms with van der Waals surface area (Å²) in [7, 11) is 0. The molecule has 2 saturated carbocycles. The molecule has 12 heteroatoms. The quantitative estimate of drug-likeness (QED) is 0.340. The van der Waals surface area contributed by atoms with Gasteiger partial charge in [-0.3, -0.25) is 14.2 Å². The predicted octanol–water partition coefficient (Wildman–Crippen LogP) is 5.42. The highest BCUT2D eigenvalue weighted by molar-refractivity contribution is 6.02. The Morgan fingerprint density at radius 1 is 1.00 bits per heavy atom. The van der Waals surface area contributed by atoms with E-state index >= 15 is 0 Å². The van der Waals surface area contributed by atoms with Crippen LogP contribution in [0.25, 0.3) is 10.9 Å². The van der Waals surface area contributed by atoms with Crippen LogP contribution in [0.3, 0.4) is 0 Å². The number of anilines is 1. The highest BCUT2D eigenvalue weighted by atomic mass is 19.1. The molecular formula is C35H45FN4O7. The lowest BCUT2D eigenvalue weighted by atomic mass is 9.76. The number of likely N-dealkylation sites (tertiary alicyclic amines) is 1. The molecule has 7 rings (SSSR count). The molecule has 2 saturated heterocycles. The molecule has 4 fully saturated rings. The number of nitrogens with one attached hydrogen (secondary N) is 2. The van der Waals surface area contributed by atoms with Gasteiger partial charge in [-0.2, -0.15) is 0 Å². The molecule has 3 atom stereocenters. The number of aromatic nitrogens is 1. The van der Waals surface area contributed by atoms with Crippen molar-refractivity contribution in [2.45, 2.75) is 94.9 Å². The van der Waals surface area contributed by atoms with Crippen LogP contribution < -0.4 is 10.6 Å². The van der Waals surface area contributed by atoms with E-state index in [1.165, 1.54) is 6.42 Å². The van der Waals surface area contributed by atoms with E-state index in [0.29, 0.717) is 75.6 Å². The molecule has 0 bridgehead atoms. The van der Waals surface area contributed by atoms with E-state index in [4.69, 9.17) is 14.6 Å². The number of hydrogen-bond donors (Lipinski definition) is 3. The summed E-state index contributed by atoms with van der Waals surface area (Å²) in [5.41, 5.74) is 1.24. The van der Waals surface area contributed by atoms with Crippen molar-refractivity contribution in [2.75, 3.05) is 31.7 Å². The summed E-state index contributed by atoms with van der Waals surface area (Å²) in [6, 6.07) is 6.15. The molecule has 11 nitrogen and oxygen atoms in total. The van der Waals surface area contributed by atoms with Crippen molar-refractivity contribution in [1.82, 2.24) is 14.8 Å². The summed E-state index contributed by atoms with van der Waals surface area (Å²) in [5.74, 6) is -0.512. The topological polar surface area (TPSA) is 139 Å². The third-order valence-corrected chi connectivity index (χ3v) is 11.7. The number of halogens is 1. The lowest BCUT2D eigenvalue weighted by Crippen LogP contribution is -2.50. The Morgan fingerprint density at radius 2 is 1.74 bits per heavy atom. The molecule has 0 radical (unpaired) electrons. The molecule has 2 aliphatic carbocycles. The number of nitrogens with zero attached hydrogens (tertiary/aromatic N) is 2. The molecule has 5 aliphatic rings. The molecule has 1 aromatic carbocycles. The van der Waals surface area contributed by atoms with E-state index in [9.17, 15) is 23.6 Å². The first-order chi connectivity index (χ1) is 22.8. The van der Waals surface area contributed by atoms with Gasteiger partial charge in [0.2, 0.25) is 11.8 Å². The van der Waals surface area contributed by atoms with Gasteiger partial charge in [-0.1, -0.05) is 32.1 Å². The third kappa shape index (κ3) is 5.98. The number of ether oxygens (including phenoxy) is 2. The van der Waals surface area contributed by atoms with Crippen molar-refractivity contribution in [2.24, 2.45) is 23.7 Å². The summed E-state index contributed by atoms with van der Waals surface area (Å²) in [4.78, 5) is 54.0. The Labute approximate surface area is 273 Å². The lowest BCUT2D eigenvalue weighted by molar-refractivity contribution is -0.142. The smallest absolute Gasteiger partial charge is 0.404 e. The van der Waals surface area contributed by atoms with Crippen LogP contribution in [0.15, 0.2) is 24.3 Å². The van der Waals surface area contributed by atoms with Gasteiger partial charge in [0.15, 0.2) is 5.72 Å². The minimum atomic E-state index is -1.24. The molecule has 47 heavy (non-hydrogen) atoms. The number of carboxylic acid groups (broad SMARTS) is 1. The Balaban J connectivity index is 1.09. The number of benzene rings is 1. The highest BCUT2D eigenvalue weighted by Gasteiger charge is 2.49. The van der Waals surface area contributed by atoms with E-state index in [2.05, 4.69) is 10.6 Å². The maximum absolute atomic E-state index is 14.2. The van der Waals surface area contributed by atoms with E-state index < -0.39 is 30.6 Å². The van der Waals surface area contributed by atoms with E-state index in [0.717, 1.165) is 43.0 Å². The first-order valence-electron chi connectivity index (χ1n) is 17.4. The van der Waals surface area contributed by atoms with Crippen LogP contribution >= 0.6 is 0 Å². The van der Waals surface area contributed by atoms with Crippen LogP contribution in [-0.4, -0.2) is 77.0 Å². The second-order valence-corrected chi connectivity index (χ2v) is 14.2. The molecule has 3 N–H and O–H groups in total. The average molecular weight is 653 g/mol. The molecule has 4 heterocycles. The number of amides is 3. The summed E-state index contributed by atoms with van der Waals surface area (Å²) in [6.45, 7) is 0.789. The SMILES string of the molecule is O=C(O)N[C@H](CF)[C@H]1CC[C@H](C(=O)N2CC[C@@H](C3CCCCC3)[C@H]2C(=O)Nc2ccc3c(c2)cc2n3C3(CCOCC3)OC2=O)CC1. The zero-order valence-corrected chi connectivity index (χ0v) is 26.8. The fraction of sp³-hybridized carbons (Fsp3) is 0.657. The van der Waals surface area contributed by atoms with Gasteiger partial charge in [-0.05, 0) is 74.1 Å². The van der Waals surface area contributed by atoms with Crippen molar-refractivity contribution in [1.29, 1.82) is 0 Å². The van der Waals surface area contributed by atoms with Crippen LogP contribution in [0.2, 0.25) is 0 Å². The van der Waals surface area contributed by atoms with Crippen molar-refractivity contribution >= 4 is 40.5 Å². The number of fused-ring (bicyclic) bond motifs is 4. The maximum Gasteiger partial charge on any atom is 0.404 e. The van der Waals surface area contributed by atoms with Gasteiger partial charge in [-0.15, -0.1) is 0 Å². The third-order valence-electron chi connectivity index (χ3n) is 11.7. The van der Waals surface area contributed by atoms with Gasteiger partial charge in [0.05, 0.1) is 24.8 Å². The predicted molar refractivity (Wildman–Crippen MR) is 171 cm³/mol. The molecule has 2 aromatic rings. The van der Waals surface area contributed by atoms with E-state index in [-0.39, 0.29) is 35.5 Å². The summed E-state index contributed by atoms with van der Waals surface area (Å²) in [5, 5.41) is 15.4. The van der Waals surface area contributed by atoms with Gasteiger partial charge in [0.25, 0.3) is 0 Å². The van der Waals surface area contributed by atoms with Crippen molar-refractivity contribution in [3.63, 3.8) is 0 Å². The van der Waals surface area contributed by atoms with Crippen molar-refractivity contribution < 1.29 is 38.1 Å². The normalized spacial score (nSPS) is 28.2. The van der Waals surface area contributed by atoms with E-state index in [1.807, 2.05) is 28.8 Å². The number of esters is 1. The maximum atomic E-state index is 14.2. The largest absolute Gasteiger partial charge is 0.465 e. The molecule has 3 aliphatic heterocycles. The summed E-state index contributed by atoms with van der Waals surface area (Å²) < 4.78 is 27.0. The van der Waals surface area contributed by atoms with Gasteiger partial charge < -0.3 is 30.1 Å². The van der Waals surface area contributed by atoms with Gasteiger partial charge in [0.1, 0.15) is 18.4 Å². The fourth-order valence-corrected chi connectivity index (χ4v) is 9.28. The number of carbonyl (C=O) groups excluding carboxylic acids is 3. The Morgan fingerprint density at radius 3 is 2.45 bits per heavy atom. The van der Waals surface area contributed by atoms with Crippen LogP contribution in [0, 0.1) is 23.7 Å². The first kappa shape index (κ1) is 31.9. The minimum absolute atomic E-state index is 0.0236. The summed E-state index contributed by atoms with van der Waals surface area (Å²) >= 11 is 0. The van der Waals surface area contributed by atoms with Crippen molar-refractivity contribution in [3.05, 3.63) is 30.0 Å². The number of hydrogen-bond acceptors (Lipinski definition) is 6. The lowest BCUT2D eigenvalue weighted by Gasteiger charge is -2.37. The molecule has 254 valence electrons. The van der Waals surface area contributed by atoms with Crippen LogP contribution in [0.1, 0.15) is 87.5 Å². The van der Waals surface area contributed by atoms with E-state index in [1.54, 1.807) is 4.90 Å². The number of carbonyl (C=O) groups is 4. The number of alkyl halides is 1. The molecule has 0 unspecified atom stereocenters. The Hall–Kier alpha value is -3.67. The fourth-order valence-electron chi connectivity index (χ4n) is 9.28. The first-order valence-corrected chi connectivity index (χ1v) is 17.4. The standard InChI is InChI=1S/C35H45FN4O7/c36-20-27(38-34(44)45)22-6-8-23(9-7-22)32(42)39-15-12-26(21-4-2-1-3-5-21)30(39)31(41)37-25-10-11-28-24(18-25)19-29-33(43)47-35(40(28)29)13-16-46-17-14-35/h10-11,18-19,21-23,26-27,30,38H,1-9,12-17,20H2,(H,37,41)(H,44,45)/t22-,23-,26-,27+,30-/m0/s1.